The number of nitrogens with one attached hydrogen (secondary N) is 1. The molecule has 0 radical (unpaired) electrons. The van der Waals surface area contributed by atoms with Crippen LogP contribution in [-0.4, -0.2) is 27.8 Å². The molecule has 0 unspecified atom stereocenters. The van der Waals surface area contributed by atoms with Gasteiger partial charge in [0.1, 0.15) is 5.75 Å². The molecular formula is C19H20N4O2. The SMILES string of the molecule is COc1ccc(-n2nc(C)c(C(=O)NCc3cccnc3)c2C)cc1. The first-order valence-electron chi connectivity index (χ1n) is 7.98. The number of benzene rings is 1. The Hall–Kier alpha value is -3.15. The lowest BCUT2D eigenvalue weighted by Gasteiger charge is -2.07. The van der Waals surface area contributed by atoms with E-state index in [0.717, 1.165) is 22.7 Å². The van der Waals surface area contributed by atoms with Gasteiger partial charge in [-0.25, -0.2) is 4.68 Å². The minimum Gasteiger partial charge on any atom is -0.497 e. The smallest absolute Gasteiger partial charge is 0.255 e. The number of carbonyl (C=O) groups excluding carboxylic acids is 1. The van der Waals surface area contributed by atoms with Crippen molar-refractivity contribution in [3.63, 3.8) is 0 Å². The van der Waals surface area contributed by atoms with E-state index >= 15 is 0 Å². The zero-order valence-corrected chi connectivity index (χ0v) is 14.5. The van der Waals surface area contributed by atoms with Gasteiger partial charge in [0.2, 0.25) is 0 Å². The van der Waals surface area contributed by atoms with Gasteiger partial charge in [0.05, 0.1) is 29.7 Å². The summed E-state index contributed by atoms with van der Waals surface area (Å²) in [5, 5.41) is 7.44. The van der Waals surface area contributed by atoms with Gasteiger partial charge in [-0.1, -0.05) is 6.07 Å². The molecule has 1 N–H and O–H groups in total. The average molecular weight is 336 g/mol. The lowest BCUT2D eigenvalue weighted by atomic mass is 10.1. The fourth-order valence-electron chi connectivity index (χ4n) is 2.72. The first-order chi connectivity index (χ1) is 12.1. The predicted octanol–water partition coefficient (Wildman–Crippen LogP) is 2.82. The topological polar surface area (TPSA) is 69.0 Å². The highest BCUT2D eigenvalue weighted by atomic mass is 16.5. The monoisotopic (exact) mass is 336 g/mol. The molecule has 6 nitrogen and oxygen atoms in total. The number of nitrogens with zero attached hydrogens (tertiary/aromatic N) is 3. The number of ether oxygens (including phenoxy) is 1. The fraction of sp³-hybridized carbons (Fsp3) is 0.211. The summed E-state index contributed by atoms with van der Waals surface area (Å²) in [4.78, 5) is 16.7. The van der Waals surface area contributed by atoms with Gasteiger partial charge in [0.15, 0.2) is 0 Å². The normalized spacial score (nSPS) is 10.5. The summed E-state index contributed by atoms with van der Waals surface area (Å²) in [5.41, 5.74) is 3.92. The summed E-state index contributed by atoms with van der Waals surface area (Å²) in [5.74, 6) is 0.637. The maximum absolute atomic E-state index is 12.6. The number of hydrogen-bond acceptors (Lipinski definition) is 4. The molecule has 0 bridgehead atoms. The van der Waals surface area contributed by atoms with Crippen molar-refractivity contribution in [3.05, 3.63) is 71.3 Å². The standard InChI is InChI=1S/C19H20N4O2/c1-13-18(19(24)21-12-15-5-4-10-20-11-15)14(2)23(22-13)16-6-8-17(25-3)9-7-16/h4-11H,12H2,1-3H3,(H,21,24). The molecule has 25 heavy (non-hydrogen) atoms. The minimum absolute atomic E-state index is 0.140. The largest absolute Gasteiger partial charge is 0.497 e. The summed E-state index contributed by atoms with van der Waals surface area (Å²) < 4.78 is 6.95. The molecule has 128 valence electrons. The molecule has 0 spiro atoms. The minimum atomic E-state index is -0.140. The molecule has 6 heteroatoms. The van der Waals surface area contributed by atoms with Crippen LogP contribution < -0.4 is 10.1 Å². The molecule has 0 aliphatic rings. The second kappa shape index (κ2) is 7.17. The van der Waals surface area contributed by atoms with E-state index in [1.165, 1.54) is 0 Å². The van der Waals surface area contributed by atoms with Crippen LogP contribution >= 0.6 is 0 Å². The third-order valence-corrected chi connectivity index (χ3v) is 4.01. The summed E-state index contributed by atoms with van der Waals surface area (Å²) in [6.07, 6.45) is 3.44. The van der Waals surface area contributed by atoms with Gasteiger partial charge in [-0.2, -0.15) is 5.10 Å². The lowest BCUT2D eigenvalue weighted by Crippen LogP contribution is -2.24. The molecule has 1 aromatic carbocycles. The third kappa shape index (κ3) is 3.52. The van der Waals surface area contributed by atoms with E-state index < -0.39 is 0 Å². The third-order valence-electron chi connectivity index (χ3n) is 4.01. The maximum Gasteiger partial charge on any atom is 0.255 e. The zero-order valence-electron chi connectivity index (χ0n) is 14.5. The Morgan fingerprint density at radius 1 is 1.20 bits per heavy atom. The Labute approximate surface area is 146 Å². The van der Waals surface area contributed by atoms with Crippen molar-refractivity contribution in [2.45, 2.75) is 20.4 Å². The van der Waals surface area contributed by atoms with Crippen LogP contribution in [0, 0.1) is 13.8 Å². The van der Waals surface area contributed by atoms with Crippen molar-refractivity contribution in [1.82, 2.24) is 20.1 Å². The maximum atomic E-state index is 12.6. The molecule has 1 amide bonds. The lowest BCUT2D eigenvalue weighted by molar-refractivity contribution is 0.0949. The number of hydrogen-bond donors (Lipinski definition) is 1. The van der Waals surface area contributed by atoms with Gasteiger partial charge in [0.25, 0.3) is 5.91 Å². The summed E-state index contributed by atoms with van der Waals surface area (Å²) in [6.45, 7) is 4.16. The second-order valence-corrected chi connectivity index (χ2v) is 5.70. The number of methoxy groups -OCH3 is 1. The van der Waals surface area contributed by atoms with Crippen LogP contribution in [0.5, 0.6) is 5.75 Å². The van der Waals surface area contributed by atoms with Crippen molar-refractivity contribution in [1.29, 1.82) is 0 Å². The van der Waals surface area contributed by atoms with E-state index in [9.17, 15) is 4.79 Å². The van der Waals surface area contributed by atoms with E-state index in [1.807, 2.05) is 50.2 Å². The molecule has 2 heterocycles. The van der Waals surface area contributed by atoms with Crippen LogP contribution in [0.25, 0.3) is 5.69 Å². The van der Waals surface area contributed by atoms with Crippen LogP contribution in [0.2, 0.25) is 0 Å². The Bertz CT molecular complexity index is 870. The van der Waals surface area contributed by atoms with E-state index in [0.29, 0.717) is 17.8 Å². The van der Waals surface area contributed by atoms with Crippen molar-refractivity contribution >= 4 is 5.91 Å². The molecule has 0 fully saturated rings. The van der Waals surface area contributed by atoms with E-state index in [2.05, 4.69) is 15.4 Å². The summed E-state index contributed by atoms with van der Waals surface area (Å²) in [6, 6.07) is 11.3. The Balaban J connectivity index is 1.82. The highest BCUT2D eigenvalue weighted by Crippen LogP contribution is 2.20. The van der Waals surface area contributed by atoms with Gasteiger partial charge in [0, 0.05) is 18.9 Å². The number of aryl methyl sites for hydroxylation is 1. The van der Waals surface area contributed by atoms with Crippen LogP contribution in [0.4, 0.5) is 0 Å². The molecular weight excluding hydrogens is 316 g/mol. The fourth-order valence-corrected chi connectivity index (χ4v) is 2.72. The van der Waals surface area contributed by atoms with Crippen LogP contribution in [-0.2, 0) is 6.54 Å². The van der Waals surface area contributed by atoms with Crippen molar-refractivity contribution < 1.29 is 9.53 Å². The van der Waals surface area contributed by atoms with Crippen LogP contribution in [0.1, 0.15) is 27.3 Å². The molecule has 3 aromatic rings. The zero-order chi connectivity index (χ0) is 17.8. The van der Waals surface area contributed by atoms with E-state index in [1.54, 1.807) is 24.2 Å². The average Bonchev–Trinajstić information content (AvgIpc) is 2.95. The number of pyridine rings is 1. The van der Waals surface area contributed by atoms with E-state index in [-0.39, 0.29) is 5.91 Å². The molecule has 0 saturated heterocycles. The number of carbonyl (C=O) groups is 1. The van der Waals surface area contributed by atoms with Crippen LogP contribution in [0.3, 0.4) is 0 Å². The molecule has 0 atom stereocenters. The number of aromatic nitrogens is 3. The summed E-state index contributed by atoms with van der Waals surface area (Å²) >= 11 is 0. The van der Waals surface area contributed by atoms with Gasteiger partial charge in [-0.3, -0.25) is 9.78 Å². The van der Waals surface area contributed by atoms with Gasteiger partial charge >= 0.3 is 0 Å². The Kier molecular flexibility index (Phi) is 4.79. The number of rotatable bonds is 5. The van der Waals surface area contributed by atoms with Gasteiger partial charge in [-0.15, -0.1) is 0 Å². The second-order valence-electron chi connectivity index (χ2n) is 5.70. The molecule has 3 rings (SSSR count). The highest BCUT2D eigenvalue weighted by Gasteiger charge is 2.19. The number of amides is 1. The Morgan fingerprint density at radius 3 is 2.60 bits per heavy atom. The first-order valence-corrected chi connectivity index (χ1v) is 7.98. The van der Waals surface area contributed by atoms with Gasteiger partial charge < -0.3 is 10.1 Å². The van der Waals surface area contributed by atoms with Crippen molar-refractivity contribution in [2.24, 2.45) is 0 Å². The van der Waals surface area contributed by atoms with Crippen molar-refractivity contribution in [3.8, 4) is 11.4 Å². The Morgan fingerprint density at radius 2 is 1.96 bits per heavy atom. The van der Waals surface area contributed by atoms with E-state index in [4.69, 9.17) is 4.74 Å². The quantitative estimate of drug-likeness (QED) is 0.778. The molecule has 0 saturated carbocycles. The molecule has 0 aliphatic carbocycles. The van der Waals surface area contributed by atoms with Crippen LogP contribution in [0.15, 0.2) is 48.8 Å². The van der Waals surface area contributed by atoms with Gasteiger partial charge in [-0.05, 0) is 49.7 Å². The van der Waals surface area contributed by atoms with Crippen molar-refractivity contribution in [2.75, 3.05) is 7.11 Å². The highest BCUT2D eigenvalue weighted by molar-refractivity contribution is 5.96. The first kappa shape index (κ1) is 16.7. The summed E-state index contributed by atoms with van der Waals surface area (Å²) in [7, 11) is 1.63. The molecule has 0 aliphatic heterocycles. The predicted molar refractivity (Wildman–Crippen MR) is 95.0 cm³/mol. The molecule has 2 aromatic heterocycles.